The van der Waals surface area contributed by atoms with E-state index in [9.17, 15) is 5.11 Å². The molecule has 0 amide bonds. The van der Waals surface area contributed by atoms with Crippen LogP contribution >= 0.6 is 0 Å². The minimum absolute atomic E-state index is 0.396. The lowest BCUT2D eigenvalue weighted by Crippen LogP contribution is -2.34. The van der Waals surface area contributed by atoms with Gasteiger partial charge in [-0.05, 0) is 37.1 Å². The largest absolute Gasteiger partial charge is 0.390 e. The third kappa shape index (κ3) is 2.76. The van der Waals surface area contributed by atoms with Crippen molar-refractivity contribution in [2.45, 2.75) is 31.5 Å². The van der Waals surface area contributed by atoms with Crippen molar-refractivity contribution >= 4 is 0 Å². The molecule has 1 aliphatic carbocycles. The summed E-state index contributed by atoms with van der Waals surface area (Å²) in [5, 5.41) is 14.3. The van der Waals surface area contributed by atoms with E-state index in [4.69, 9.17) is 0 Å². The molecule has 0 aliphatic heterocycles. The summed E-state index contributed by atoms with van der Waals surface area (Å²) in [6, 6.07) is 10.9. The van der Waals surface area contributed by atoms with E-state index in [1.54, 1.807) is 10.9 Å². The molecule has 2 aromatic rings. The summed E-state index contributed by atoms with van der Waals surface area (Å²) in [5.41, 5.74) is 2.87. The second-order valence-corrected chi connectivity index (χ2v) is 5.57. The van der Waals surface area contributed by atoms with Crippen LogP contribution in [0.3, 0.4) is 0 Å². The Kier molecular flexibility index (Phi) is 3.85. The number of likely N-dealkylation sites (N-methyl/N-ethyl adjacent to an activating group) is 1. The first-order valence-electron chi connectivity index (χ1n) is 7.17. The summed E-state index contributed by atoms with van der Waals surface area (Å²) in [6.45, 7) is 1.21. The number of rotatable bonds is 5. The van der Waals surface area contributed by atoms with E-state index < -0.39 is 6.10 Å². The van der Waals surface area contributed by atoms with Crippen molar-refractivity contribution in [3.63, 3.8) is 0 Å². The van der Waals surface area contributed by atoms with Gasteiger partial charge in [0.2, 0.25) is 0 Å². The molecule has 1 aliphatic rings. The fourth-order valence-corrected chi connectivity index (χ4v) is 3.13. The maximum absolute atomic E-state index is 10.2. The lowest BCUT2D eigenvalue weighted by molar-refractivity contribution is 0.0876. The van der Waals surface area contributed by atoms with Crippen LogP contribution in [0.2, 0.25) is 0 Å². The summed E-state index contributed by atoms with van der Waals surface area (Å²) in [7, 11) is 2.10. The predicted octanol–water partition coefficient (Wildman–Crippen LogP) is 1.86. The number of hydrogen-bond donors (Lipinski definition) is 1. The van der Waals surface area contributed by atoms with Gasteiger partial charge in [0.15, 0.2) is 0 Å². The van der Waals surface area contributed by atoms with Crippen molar-refractivity contribution in [2.75, 3.05) is 13.6 Å². The topological polar surface area (TPSA) is 41.3 Å². The molecule has 0 spiro atoms. The smallest absolute Gasteiger partial charge is 0.0862 e. The Hall–Kier alpha value is -1.65. The molecular formula is C16H21N3O. The second-order valence-electron chi connectivity index (χ2n) is 5.57. The summed E-state index contributed by atoms with van der Waals surface area (Å²) in [4.78, 5) is 2.26. The molecule has 1 aromatic heterocycles. The van der Waals surface area contributed by atoms with E-state index in [0.29, 0.717) is 19.1 Å². The first kappa shape index (κ1) is 13.3. The normalized spacial score (nSPS) is 19.2. The van der Waals surface area contributed by atoms with Crippen LogP contribution in [0.5, 0.6) is 0 Å². The highest BCUT2D eigenvalue weighted by Gasteiger charge is 2.26. The molecule has 0 radical (unpaired) electrons. The summed E-state index contributed by atoms with van der Waals surface area (Å²) < 4.78 is 1.78. The van der Waals surface area contributed by atoms with E-state index in [-0.39, 0.29) is 0 Å². The highest BCUT2D eigenvalue weighted by atomic mass is 16.3. The maximum atomic E-state index is 10.2. The van der Waals surface area contributed by atoms with Crippen molar-refractivity contribution in [2.24, 2.45) is 0 Å². The van der Waals surface area contributed by atoms with Crippen LogP contribution in [0.4, 0.5) is 0 Å². The van der Waals surface area contributed by atoms with E-state index in [0.717, 1.165) is 12.8 Å². The number of benzene rings is 1. The lowest BCUT2D eigenvalue weighted by Gasteiger charge is -2.27. The average molecular weight is 271 g/mol. The Bertz CT molecular complexity index is 553. The van der Waals surface area contributed by atoms with Crippen LogP contribution in [0.25, 0.3) is 0 Å². The number of aryl methyl sites for hydroxylation is 1. The zero-order valence-electron chi connectivity index (χ0n) is 11.8. The van der Waals surface area contributed by atoms with Gasteiger partial charge in [0.25, 0.3) is 0 Å². The number of hydrogen-bond acceptors (Lipinski definition) is 3. The van der Waals surface area contributed by atoms with E-state index >= 15 is 0 Å². The third-order valence-electron chi connectivity index (χ3n) is 4.09. The molecule has 20 heavy (non-hydrogen) atoms. The molecule has 1 N–H and O–H groups in total. The fraction of sp³-hybridized carbons (Fsp3) is 0.438. The average Bonchev–Trinajstić information content (AvgIpc) is 3.07. The quantitative estimate of drug-likeness (QED) is 0.902. The van der Waals surface area contributed by atoms with Crippen molar-refractivity contribution in [1.29, 1.82) is 0 Å². The standard InChI is InChI=1S/C16H21N3O/c1-18(11-14(20)12-19-10-4-9-17-19)16-8-7-13-5-2-3-6-15(13)16/h2-6,9-10,14,16,20H,7-8,11-12H2,1H3/t14-,16-/m0/s1. The van der Waals surface area contributed by atoms with Crippen LogP contribution in [-0.4, -0.2) is 39.5 Å². The molecule has 4 nitrogen and oxygen atoms in total. The van der Waals surface area contributed by atoms with Crippen molar-refractivity contribution in [3.8, 4) is 0 Å². The number of fused-ring (bicyclic) bond motifs is 1. The summed E-state index contributed by atoms with van der Waals surface area (Å²) in [6.07, 6.45) is 5.51. The molecular weight excluding hydrogens is 250 g/mol. The van der Waals surface area contributed by atoms with Gasteiger partial charge in [-0.3, -0.25) is 9.58 Å². The van der Waals surface area contributed by atoms with Crippen molar-refractivity contribution in [1.82, 2.24) is 14.7 Å². The SMILES string of the molecule is CN(C[C@H](O)Cn1cccn1)[C@H]1CCc2ccccc21. The van der Waals surface area contributed by atoms with Gasteiger partial charge in [0, 0.05) is 25.0 Å². The minimum Gasteiger partial charge on any atom is -0.390 e. The van der Waals surface area contributed by atoms with Gasteiger partial charge in [0.1, 0.15) is 0 Å². The van der Waals surface area contributed by atoms with Crippen LogP contribution in [0.15, 0.2) is 42.7 Å². The number of aliphatic hydroxyl groups is 1. The van der Waals surface area contributed by atoms with Crippen LogP contribution in [-0.2, 0) is 13.0 Å². The van der Waals surface area contributed by atoms with Crippen LogP contribution in [0, 0.1) is 0 Å². The Labute approximate surface area is 119 Å². The van der Waals surface area contributed by atoms with Gasteiger partial charge in [-0.25, -0.2) is 0 Å². The van der Waals surface area contributed by atoms with Gasteiger partial charge in [-0.2, -0.15) is 5.10 Å². The maximum Gasteiger partial charge on any atom is 0.0862 e. The van der Waals surface area contributed by atoms with E-state index in [2.05, 4.69) is 41.3 Å². The highest BCUT2D eigenvalue weighted by Crippen LogP contribution is 2.34. The van der Waals surface area contributed by atoms with Crippen LogP contribution < -0.4 is 0 Å². The Morgan fingerprint density at radius 1 is 1.40 bits per heavy atom. The molecule has 106 valence electrons. The molecule has 1 heterocycles. The van der Waals surface area contributed by atoms with Crippen molar-refractivity contribution < 1.29 is 5.11 Å². The summed E-state index contributed by atoms with van der Waals surface area (Å²) in [5.74, 6) is 0. The molecule has 0 saturated carbocycles. The van der Waals surface area contributed by atoms with E-state index in [1.165, 1.54) is 11.1 Å². The molecule has 3 rings (SSSR count). The van der Waals surface area contributed by atoms with Gasteiger partial charge in [-0.1, -0.05) is 24.3 Å². The van der Waals surface area contributed by atoms with E-state index in [1.807, 2.05) is 12.3 Å². The molecule has 2 atom stereocenters. The zero-order chi connectivity index (χ0) is 13.9. The van der Waals surface area contributed by atoms with Gasteiger partial charge in [0.05, 0.1) is 12.6 Å². The first-order valence-corrected chi connectivity index (χ1v) is 7.17. The molecule has 0 fully saturated rings. The fourth-order valence-electron chi connectivity index (χ4n) is 3.13. The Morgan fingerprint density at radius 2 is 2.25 bits per heavy atom. The number of aromatic nitrogens is 2. The Balaban J connectivity index is 1.61. The molecule has 4 heteroatoms. The lowest BCUT2D eigenvalue weighted by atomic mass is 10.1. The molecule has 0 unspecified atom stereocenters. The summed E-state index contributed by atoms with van der Waals surface area (Å²) >= 11 is 0. The number of nitrogens with zero attached hydrogens (tertiary/aromatic N) is 3. The van der Waals surface area contributed by atoms with Crippen LogP contribution in [0.1, 0.15) is 23.6 Å². The monoisotopic (exact) mass is 271 g/mol. The second kappa shape index (κ2) is 5.77. The molecule has 0 bridgehead atoms. The third-order valence-corrected chi connectivity index (χ3v) is 4.09. The van der Waals surface area contributed by atoms with Gasteiger partial charge < -0.3 is 5.11 Å². The predicted molar refractivity (Wildman–Crippen MR) is 78.4 cm³/mol. The molecule has 1 aromatic carbocycles. The highest BCUT2D eigenvalue weighted by molar-refractivity contribution is 5.34. The Morgan fingerprint density at radius 3 is 3.05 bits per heavy atom. The number of aliphatic hydroxyl groups excluding tert-OH is 1. The van der Waals surface area contributed by atoms with Crippen molar-refractivity contribution in [3.05, 3.63) is 53.9 Å². The molecule has 0 saturated heterocycles. The zero-order valence-corrected chi connectivity index (χ0v) is 11.8. The minimum atomic E-state index is -0.396. The first-order chi connectivity index (χ1) is 9.74. The van der Waals surface area contributed by atoms with Gasteiger partial charge >= 0.3 is 0 Å². The van der Waals surface area contributed by atoms with Gasteiger partial charge in [-0.15, -0.1) is 0 Å².